The summed E-state index contributed by atoms with van der Waals surface area (Å²) in [5.74, 6) is 0. The van der Waals surface area contributed by atoms with Gasteiger partial charge in [0.2, 0.25) is 0 Å². The van der Waals surface area contributed by atoms with Gasteiger partial charge in [-0.2, -0.15) is 0 Å². The minimum absolute atomic E-state index is 0.00314. The zero-order chi connectivity index (χ0) is 17.1. The molecule has 0 unspecified atom stereocenters. The van der Waals surface area contributed by atoms with Crippen molar-refractivity contribution in [3.63, 3.8) is 0 Å². The quantitative estimate of drug-likeness (QED) is 0.703. The van der Waals surface area contributed by atoms with Crippen molar-refractivity contribution in [3.8, 4) is 0 Å². The number of aromatic nitrogens is 4. The Kier molecular flexibility index (Phi) is 4.07. The van der Waals surface area contributed by atoms with E-state index in [0.29, 0.717) is 0 Å². The highest BCUT2D eigenvalue weighted by Crippen LogP contribution is 2.02. The Bertz CT molecular complexity index is 1120. The summed E-state index contributed by atoms with van der Waals surface area (Å²) in [6.45, 7) is 0. The minimum atomic E-state index is -0.640. The number of nitrogens with zero attached hydrogens (tertiary/aromatic N) is 2. The molecule has 0 aliphatic carbocycles. The van der Waals surface area contributed by atoms with Crippen LogP contribution in [-0.2, 0) is 7.05 Å². The molecular formula is C17H14N4O3. The molecule has 2 heterocycles. The Hall–Kier alpha value is -3.48. The lowest BCUT2D eigenvalue weighted by atomic mass is 10.2. The largest absolute Gasteiger partial charge is 0.329 e. The van der Waals surface area contributed by atoms with E-state index in [1.165, 1.54) is 13.1 Å². The first-order valence-corrected chi connectivity index (χ1v) is 7.19. The first-order valence-electron chi connectivity index (χ1n) is 7.19. The number of fused-ring (bicyclic) bond motifs is 1. The van der Waals surface area contributed by atoms with Gasteiger partial charge >= 0.3 is 5.69 Å². The molecule has 0 aliphatic rings. The Morgan fingerprint density at radius 1 is 0.958 bits per heavy atom. The molecule has 0 saturated carbocycles. The number of H-pyrrole nitrogens is 2. The van der Waals surface area contributed by atoms with E-state index in [9.17, 15) is 14.4 Å². The predicted molar refractivity (Wildman–Crippen MR) is 92.7 cm³/mol. The van der Waals surface area contributed by atoms with Gasteiger partial charge < -0.3 is 4.98 Å². The highest BCUT2D eigenvalue weighted by atomic mass is 16.2. The number of benzene rings is 1. The number of allylic oxidation sites excluding steroid dienone is 2. The molecule has 2 N–H and O–H groups in total. The summed E-state index contributed by atoms with van der Waals surface area (Å²) in [6, 6.07) is 9.68. The molecule has 0 bridgehead atoms. The van der Waals surface area contributed by atoms with Gasteiger partial charge in [-0.25, -0.2) is 9.78 Å². The number of aromatic amines is 2. The number of nitrogens with one attached hydrogen (secondary N) is 2. The van der Waals surface area contributed by atoms with Crippen molar-refractivity contribution in [2.45, 2.75) is 0 Å². The lowest BCUT2D eigenvalue weighted by molar-refractivity contribution is 0.820. The molecule has 7 nitrogen and oxygen atoms in total. The first kappa shape index (κ1) is 15.4. The molecule has 3 aromatic rings. The fourth-order valence-electron chi connectivity index (χ4n) is 2.19. The van der Waals surface area contributed by atoms with Crippen molar-refractivity contribution < 1.29 is 0 Å². The van der Waals surface area contributed by atoms with Crippen molar-refractivity contribution >= 4 is 23.3 Å². The molecule has 0 atom stereocenters. The van der Waals surface area contributed by atoms with E-state index in [2.05, 4.69) is 15.0 Å². The second-order valence-corrected chi connectivity index (χ2v) is 5.10. The van der Waals surface area contributed by atoms with Crippen molar-refractivity contribution in [3.05, 3.63) is 84.9 Å². The number of hydrogen-bond acceptors (Lipinski definition) is 4. The van der Waals surface area contributed by atoms with Gasteiger partial charge in [0.15, 0.2) is 5.52 Å². The van der Waals surface area contributed by atoms with Gasteiger partial charge in [0.25, 0.3) is 11.1 Å². The molecule has 7 heteroatoms. The van der Waals surface area contributed by atoms with Gasteiger partial charge in [0.05, 0.1) is 0 Å². The fraction of sp³-hybridized carbons (Fsp3) is 0.0588. The normalized spacial score (nSPS) is 11.7. The maximum Gasteiger partial charge on any atom is 0.329 e. The standard InChI is InChI=1S/C17H14N4O3/c1-21-14-13(16(23)20-17(21)24)18-12(15(22)19-14)10-6-5-9-11-7-3-2-4-8-11/h2-10H,1H3,(H,19,22)(H,20,23,24). The van der Waals surface area contributed by atoms with Crippen LogP contribution in [0.3, 0.4) is 0 Å². The summed E-state index contributed by atoms with van der Waals surface area (Å²) in [5.41, 5.74) is -0.530. The lowest BCUT2D eigenvalue weighted by Crippen LogP contribution is -2.31. The molecule has 0 saturated heterocycles. The molecule has 0 spiro atoms. The third-order valence-electron chi connectivity index (χ3n) is 3.45. The van der Waals surface area contributed by atoms with E-state index >= 15 is 0 Å². The Morgan fingerprint density at radius 2 is 1.67 bits per heavy atom. The zero-order valence-corrected chi connectivity index (χ0v) is 12.8. The topological polar surface area (TPSA) is 101 Å². The zero-order valence-electron chi connectivity index (χ0n) is 12.8. The molecule has 120 valence electrons. The van der Waals surface area contributed by atoms with E-state index in [0.717, 1.165) is 10.1 Å². The number of hydrogen-bond donors (Lipinski definition) is 2. The van der Waals surface area contributed by atoms with Gasteiger partial charge in [-0.1, -0.05) is 48.6 Å². The van der Waals surface area contributed by atoms with E-state index < -0.39 is 16.8 Å². The van der Waals surface area contributed by atoms with Gasteiger partial charge in [-0.05, 0) is 11.6 Å². The van der Waals surface area contributed by atoms with Gasteiger partial charge in [0.1, 0.15) is 11.3 Å². The fourth-order valence-corrected chi connectivity index (χ4v) is 2.19. The lowest BCUT2D eigenvalue weighted by Gasteiger charge is -2.02. The van der Waals surface area contributed by atoms with Crippen LogP contribution in [0.5, 0.6) is 0 Å². The summed E-state index contributed by atoms with van der Waals surface area (Å²) < 4.78 is 1.13. The van der Waals surface area contributed by atoms with Crippen molar-refractivity contribution in [2.24, 2.45) is 7.05 Å². The maximum absolute atomic E-state index is 12.1. The summed E-state index contributed by atoms with van der Waals surface area (Å²) in [7, 11) is 1.44. The average molecular weight is 322 g/mol. The summed E-state index contributed by atoms with van der Waals surface area (Å²) >= 11 is 0. The Balaban J connectivity index is 1.99. The summed E-state index contributed by atoms with van der Waals surface area (Å²) in [5, 5.41) is 0. The van der Waals surface area contributed by atoms with Crippen LogP contribution >= 0.6 is 0 Å². The van der Waals surface area contributed by atoms with E-state index in [-0.39, 0.29) is 16.9 Å². The highest BCUT2D eigenvalue weighted by Gasteiger charge is 2.09. The van der Waals surface area contributed by atoms with E-state index in [1.807, 2.05) is 36.4 Å². The van der Waals surface area contributed by atoms with Crippen LogP contribution in [0.25, 0.3) is 23.3 Å². The molecule has 24 heavy (non-hydrogen) atoms. The summed E-state index contributed by atoms with van der Waals surface area (Å²) in [6.07, 6.45) is 6.81. The third-order valence-corrected chi connectivity index (χ3v) is 3.45. The van der Waals surface area contributed by atoms with Crippen LogP contribution < -0.4 is 16.8 Å². The Labute approximate surface area is 135 Å². The second-order valence-electron chi connectivity index (χ2n) is 5.10. The van der Waals surface area contributed by atoms with Crippen LogP contribution in [0.4, 0.5) is 0 Å². The highest BCUT2D eigenvalue weighted by molar-refractivity contribution is 5.70. The van der Waals surface area contributed by atoms with Gasteiger partial charge in [0, 0.05) is 7.05 Å². The average Bonchev–Trinajstić information content (AvgIpc) is 2.58. The van der Waals surface area contributed by atoms with Crippen LogP contribution in [0.15, 0.2) is 56.9 Å². The van der Waals surface area contributed by atoms with Gasteiger partial charge in [-0.15, -0.1) is 0 Å². The molecule has 2 aromatic heterocycles. The maximum atomic E-state index is 12.1. The van der Waals surface area contributed by atoms with E-state index in [1.54, 1.807) is 12.2 Å². The van der Waals surface area contributed by atoms with Crippen molar-refractivity contribution in [1.82, 2.24) is 19.5 Å². The minimum Gasteiger partial charge on any atom is -0.305 e. The van der Waals surface area contributed by atoms with Crippen LogP contribution in [0.2, 0.25) is 0 Å². The first-order chi connectivity index (χ1) is 11.6. The molecule has 0 radical (unpaired) electrons. The summed E-state index contributed by atoms with van der Waals surface area (Å²) in [4.78, 5) is 44.1. The van der Waals surface area contributed by atoms with Gasteiger partial charge in [-0.3, -0.25) is 19.1 Å². The molecule has 0 fully saturated rings. The molecule has 3 rings (SSSR count). The predicted octanol–water partition coefficient (Wildman–Crippen LogP) is 1.04. The SMILES string of the molecule is Cn1c(=O)[nH]c(=O)c2nc(C=CC=Cc3ccccc3)c(=O)[nH]c21. The van der Waals surface area contributed by atoms with E-state index in [4.69, 9.17) is 0 Å². The number of aryl methyl sites for hydroxylation is 1. The van der Waals surface area contributed by atoms with Crippen molar-refractivity contribution in [2.75, 3.05) is 0 Å². The molecular weight excluding hydrogens is 308 g/mol. The second kappa shape index (κ2) is 6.33. The molecule has 0 aliphatic heterocycles. The molecule has 0 amide bonds. The van der Waals surface area contributed by atoms with Crippen LogP contribution in [0, 0.1) is 0 Å². The monoisotopic (exact) mass is 322 g/mol. The van der Waals surface area contributed by atoms with Crippen molar-refractivity contribution in [1.29, 1.82) is 0 Å². The van der Waals surface area contributed by atoms with Crippen LogP contribution in [-0.4, -0.2) is 19.5 Å². The Morgan fingerprint density at radius 3 is 2.42 bits per heavy atom. The third kappa shape index (κ3) is 3.00. The smallest absolute Gasteiger partial charge is 0.305 e. The molecule has 1 aromatic carbocycles. The number of rotatable bonds is 3. The van der Waals surface area contributed by atoms with Crippen LogP contribution in [0.1, 0.15) is 11.3 Å².